The number of nitrogens with zero attached hydrogens (tertiary/aromatic N) is 3. The molecule has 0 aromatic heterocycles. The molecular weight excluding hydrogens is 394 g/mol. The van der Waals surface area contributed by atoms with Crippen LogP contribution in [0.5, 0.6) is 5.75 Å². The number of ether oxygens (including phenoxy) is 1. The van der Waals surface area contributed by atoms with E-state index in [1.54, 1.807) is 67.2 Å². The Morgan fingerprint density at radius 2 is 1.68 bits per heavy atom. The Bertz CT molecular complexity index is 945. The number of benzene rings is 2. The van der Waals surface area contributed by atoms with Crippen LogP contribution in [0.15, 0.2) is 54.6 Å². The minimum atomic E-state index is -0.705. The maximum atomic E-state index is 13.0. The third-order valence-electron chi connectivity index (χ3n) is 5.37. The van der Waals surface area contributed by atoms with E-state index in [0.717, 1.165) is 0 Å². The summed E-state index contributed by atoms with van der Waals surface area (Å²) in [4.78, 5) is 42.9. The Hall–Kier alpha value is -3.35. The van der Waals surface area contributed by atoms with Crippen LogP contribution in [0.2, 0.25) is 0 Å². The number of hydrogen-bond donors (Lipinski definition) is 0. The standard InChI is InChI=1S/C24H29N3O4/c1-17-16-26(24(30)19-9-6-5-7-10-19)13-14-27(17)22(28)18(2)31-21-12-8-11-20(15-21)23(29)25(3)4/h5-12,15,17-18H,13-14,16H2,1-4H3/t17-,18?/m1/s1. The van der Waals surface area contributed by atoms with E-state index in [1.807, 2.05) is 25.1 Å². The molecule has 0 bridgehead atoms. The second-order valence-electron chi connectivity index (χ2n) is 7.99. The molecular formula is C24H29N3O4. The fourth-order valence-corrected chi connectivity index (χ4v) is 3.68. The zero-order valence-corrected chi connectivity index (χ0v) is 18.4. The summed E-state index contributed by atoms with van der Waals surface area (Å²) in [5.41, 5.74) is 1.15. The summed E-state index contributed by atoms with van der Waals surface area (Å²) < 4.78 is 5.85. The van der Waals surface area contributed by atoms with Crippen molar-refractivity contribution in [1.29, 1.82) is 0 Å². The third-order valence-corrected chi connectivity index (χ3v) is 5.37. The van der Waals surface area contributed by atoms with Crippen LogP contribution in [0, 0.1) is 0 Å². The number of amides is 3. The van der Waals surface area contributed by atoms with Crippen LogP contribution in [0.3, 0.4) is 0 Å². The molecule has 2 aromatic rings. The van der Waals surface area contributed by atoms with Crippen LogP contribution in [0.25, 0.3) is 0 Å². The summed E-state index contributed by atoms with van der Waals surface area (Å²) in [6, 6.07) is 15.9. The molecule has 7 heteroatoms. The highest BCUT2D eigenvalue weighted by Crippen LogP contribution is 2.19. The number of carbonyl (C=O) groups excluding carboxylic acids is 3. The molecule has 1 fully saturated rings. The molecule has 7 nitrogen and oxygen atoms in total. The molecule has 1 aliphatic rings. The van der Waals surface area contributed by atoms with Gasteiger partial charge in [0.25, 0.3) is 17.7 Å². The van der Waals surface area contributed by atoms with E-state index < -0.39 is 6.10 Å². The lowest BCUT2D eigenvalue weighted by molar-refractivity contribution is -0.142. The smallest absolute Gasteiger partial charge is 0.263 e. The highest BCUT2D eigenvalue weighted by atomic mass is 16.5. The molecule has 1 saturated heterocycles. The first kappa shape index (κ1) is 22.3. The largest absolute Gasteiger partial charge is 0.481 e. The number of piperazine rings is 1. The second kappa shape index (κ2) is 9.64. The summed E-state index contributed by atoms with van der Waals surface area (Å²) >= 11 is 0. The van der Waals surface area contributed by atoms with Crippen LogP contribution < -0.4 is 4.74 Å². The van der Waals surface area contributed by atoms with Gasteiger partial charge in [0.15, 0.2) is 6.10 Å². The van der Waals surface area contributed by atoms with Gasteiger partial charge in [-0.1, -0.05) is 24.3 Å². The summed E-state index contributed by atoms with van der Waals surface area (Å²) in [5.74, 6) is 0.186. The van der Waals surface area contributed by atoms with Gasteiger partial charge in [0.1, 0.15) is 5.75 Å². The minimum Gasteiger partial charge on any atom is -0.481 e. The van der Waals surface area contributed by atoms with Gasteiger partial charge in [-0.15, -0.1) is 0 Å². The average molecular weight is 424 g/mol. The van der Waals surface area contributed by atoms with Gasteiger partial charge >= 0.3 is 0 Å². The molecule has 0 aliphatic carbocycles. The van der Waals surface area contributed by atoms with Gasteiger partial charge in [0, 0.05) is 50.9 Å². The maximum Gasteiger partial charge on any atom is 0.263 e. The van der Waals surface area contributed by atoms with Gasteiger partial charge in [0.2, 0.25) is 0 Å². The molecule has 2 aromatic carbocycles. The number of rotatable bonds is 5. The summed E-state index contributed by atoms with van der Waals surface area (Å²) in [5, 5.41) is 0. The van der Waals surface area contributed by atoms with Crippen LogP contribution in [0.4, 0.5) is 0 Å². The third kappa shape index (κ3) is 5.23. The molecule has 164 valence electrons. The molecule has 0 radical (unpaired) electrons. The molecule has 0 N–H and O–H groups in total. The highest BCUT2D eigenvalue weighted by molar-refractivity contribution is 5.95. The predicted octanol–water partition coefficient (Wildman–Crippen LogP) is 2.53. The fraction of sp³-hybridized carbons (Fsp3) is 0.375. The lowest BCUT2D eigenvalue weighted by Gasteiger charge is -2.40. The van der Waals surface area contributed by atoms with E-state index in [2.05, 4.69) is 0 Å². The molecule has 0 saturated carbocycles. The Labute approximate surface area is 183 Å². The first-order valence-corrected chi connectivity index (χ1v) is 10.4. The van der Waals surface area contributed by atoms with Crippen molar-refractivity contribution in [2.45, 2.75) is 26.0 Å². The SMILES string of the molecule is CC(Oc1cccc(C(=O)N(C)C)c1)C(=O)N1CCN(C(=O)c2ccccc2)C[C@H]1C. The first-order valence-electron chi connectivity index (χ1n) is 10.4. The lowest BCUT2D eigenvalue weighted by atomic mass is 10.1. The topological polar surface area (TPSA) is 70.2 Å². The fourth-order valence-electron chi connectivity index (χ4n) is 3.68. The summed E-state index contributed by atoms with van der Waals surface area (Å²) in [7, 11) is 3.37. The zero-order chi connectivity index (χ0) is 22.5. The van der Waals surface area contributed by atoms with E-state index in [1.165, 1.54) is 4.90 Å². The normalized spacial score (nSPS) is 17.1. The van der Waals surface area contributed by atoms with E-state index in [0.29, 0.717) is 36.5 Å². The Kier molecular flexibility index (Phi) is 6.95. The van der Waals surface area contributed by atoms with Gasteiger partial charge in [-0.25, -0.2) is 0 Å². The van der Waals surface area contributed by atoms with E-state index in [4.69, 9.17) is 4.74 Å². The first-order chi connectivity index (χ1) is 14.8. The monoisotopic (exact) mass is 423 g/mol. The van der Waals surface area contributed by atoms with Crippen molar-refractivity contribution in [2.24, 2.45) is 0 Å². The molecule has 3 amide bonds. The molecule has 31 heavy (non-hydrogen) atoms. The van der Waals surface area contributed by atoms with Gasteiger partial charge in [-0.05, 0) is 44.2 Å². The van der Waals surface area contributed by atoms with Crippen molar-refractivity contribution in [2.75, 3.05) is 33.7 Å². The van der Waals surface area contributed by atoms with Gasteiger partial charge in [-0.3, -0.25) is 14.4 Å². The van der Waals surface area contributed by atoms with Gasteiger partial charge in [0.05, 0.1) is 0 Å². The zero-order valence-electron chi connectivity index (χ0n) is 18.4. The van der Waals surface area contributed by atoms with Gasteiger partial charge in [-0.2, -0.15) is 0 Å². The van der Waals surface area contributed by atoms with E-state index in [-0.39, 0.29) is 23.8 Å². The predicted molar refractivity (Wildman–Crippen MR) is 118 cm³/mol. The van der Waals surface area contributed by atoms with Crippen molar-refractivity contribution < 1.29 is 19.1 Å². The maximum absolute atomic E-state index is 13.0. The quantitative estimate of drug-likeness (QED) is 0.741. The second-order valence-corrected chi connectivity index (χ2v) is 7.99. The van der Waals surface area contributed by atoms with Crippen molar-refractivity contribution in [3.63, 3.8) is 0 Å². The average Bonchev–Trinajstić information content (AvgIpc) is 2.78. The highest BCUT2D eigenvalue weighted by Gasteiger charge is 2.33. The molecule has 1 unspecified atom stereocenters. The molecule has 1 heterocycles. The lowest BCUT2D eigenvalue weighted by Crippen LogP contribution is -2.57. The number of carbonyl (C=O) groups is 3. The van der Waals surface area contributed by atoms with Crippen molar-refractivity contribution in [3.05, 3.63) is 65.7 Å². The van der Waals surface area contributed by atoms with Crippen LogP contribution in [-0.4, -0.2) is 78.3 Å². The molecule has 3 rings (SSSR count). The van der Waals surface area contributed by atoms with E-state index in [9.17, 15) is 14.4 Å². The number of hydrogen-bond acceptors (Lipinski definition) is 4. The summed E-state index contributed by atoms with van der Waals surface area (Å²) in [6.07, 6.45) is -0.705. The van der Waals surface area contributed by atoms with E-state index >= 15 is 0 Å². The molecule has 1 aliphatic heterocycles. The Balaban J connectivity index is 1.61. The molecule has 0 spiro atoms. The van der Waals surface area contributed by atoms with Crippen molar-refractivity contribution >= 4 is 17.7 Å². The van der Waals surface area contributed by atoms with Gasteiger partial charge < -0.3 is 19.4 Å². The minimum absolute atomic E-state index is 0.0220. The Morgan fingerprint density at radius 3 is 2.32 bits per heavy atom. The summed E-state index contributed by atoms with van der Waals surface area (Å²) in [6.45, 7) is 5.04. The van der Waals surface area contributed by atoms with Crippen LogP contribution in [-0.2, 0) is 4.79 Å². The van der Waals surface area contributed by atoms with Crippen molar-refractivity contribution in [3.8, 4) is 5.75 Å². The van der Waals surface area contributed by atoms with Crippen LogP contribution in [0.1, 0.15) is 34.6 Å². The van der Waals surface area contributed by atoms with Crippen molar-refractivity contribution in [1.82, 2.24) is 14.7 Å². The molecule has 2 atom stereocenters. The van der Waals surface area contributed by atoms with Crippen LogP contribution >= 0.6 is 0 Å². The Morgan fingerprint density at radius 1 is 1.00 bits per heavy atom.